The lowest BCUT2D eigenvalue weighted by molar-refractivity contribution is -0.137. The molecule has 0 saturated heterocycles. The molecule has 0 fully saturated rings. The minimum atomic E-state index is -4.57. The van der Waals surface area contributed by atoms with Gasteiger partial charge in [-0.05, 0) is 42.5 Å². The highest BCUT2D eigenvalue weighted by Crippen LogP contribution is 2.44. The summed E-state index contributed by atoms with van der Waals surface area (Å²) in [5.41, 5.74) is 0.0477. The van der Waals surface area contributed by atoms with Gasteiger partial charge in [0.1, 0.15) is 5.75 Å². The lowest BCUT2D eigenvalue weighted by Gasteiger charge is -2.15. The fourth-order valence-electron chi connectivity index (χ4n) is 3.51. The molecule has 0 aliphatic rings. The fraction of sp³-hybridized carbons (Fsp3) is 0.0417. The topological polar surface area (TPSA) is 79.3 Å². The first-order valence-corrected chi connectivity index (χ1v) is 13.2. The van der Waals surface area contributed by atoms with Gasteiger partial charge in [-0.3, -0.25) is 4.72 Å². The molecule has 4 aromatic carbocycles. The van der Waals surface area contributed by atoms with E-state index >= 15 is 0 Å². The van der Waals surface area contributed by atoms with Crippen LogP contribution in [-0.2, 0) is 16.2 Å². The van der Waals surface area contributed by atoms with Crippen molar-refractivity contribution < 1.29 is 26.7 Å². The number of phenolic OH excluding ortho intramolecular Hbond substituents is 1. The van der Waals surface area contributed by atoms with E-state index in [2.05, 4.69) is 9.71 Å². The van der Waals surface area contributed by atoms with E-state index in [9.17, 15) is 26.7 Å². The first-order valence-electron chi connectivity index (χ1n) is 10.1. The van der Waals surface area contributed by atoms with Gasteiger partial charge in [-0.2, -0.15) is 13.2 Å². The molecule has 35 heavy (non-hydrogen) atoms. The quantitative estimate of drug-likeness (QED) is 0.236. The number of thiazole rings is 1. The molecular formula is C24H15F3N2O3S3. The molecule has 5 aromatic rings. The second kappa shape index (κ2) is 8.74. The molecule has 0 aliphatic heterocycles. The minimum absolute atomic E-state index is 0.0256. The van der Waals surface area contributed by atoms with Crippen molar-refractivity contribution in [2.24, 2.45) is 0 Å². The molecule has 178 valence electrons. The van der Waals surface area contributed by atoms with Crippen LogP contribution < -0.4 is 4.72 Å². The number of fused-ring (bicyclic) bond motifs is 2. The van der Waals surface area contributed by atoms with Crippen molar-refractivity contribution in [1.29, 1.82) is 0 Å². The molecule has 5 rings (SSSR count). The Morgan fingerprint density at radius 2 is 1.57 bits per heavy atom. The highest BCUT2D eigenvalue weighted by atomic mass is 32.2. The second-order valence-corrected chi connectivity index (χ2v) is 11.5. The molecule has 0 amide bonds. The number of phenols is 1. The van der Waals surface area contributed by atoms with Crippen molar-refractivity contribution in [3.63, 3.8) is 0 Å². The van der Waals surface area contributed by atoms with Crippen molar-refractivity contribution >= 4 is 59.8 Å². The standard InChI is InChI=1S/C24H15F3N2O3S3/c25-24(26,27)14-9-11-15(12-10-14)35(31,32)29-19-13-21(22(30)17-6-2-1-5-16(17)19)34-23-28-18-7-3-4-8-20(18)33-23/h1-13,29-30H. The summed E-state index contributed by atoms with van der Waals surface area (Å²) in [6.07, 6.45) is -4.57. The zero-order valence-electron chi connectivity index (χ0n) is 17.6. The number of anilines is 1. The summed E-state index contributed by atoms with van der Waals surface area (Å²) in [6, 6.07) is 19.0. The normalized spacial score (nSPS) is 12.3. The molecule has 5 nitrogen and oxygen atoms in total. The molecule has 1 aromatic heterocycles. The molecule has 0 saturated carbocycles. The predicted octanol–water partition coefficient (Wildman–Crippen LogP) is 7.13. The Labute approximate surface area is 206 Å². The van der Waals surface area contributed by atoms with Gasteiger partial charge in [0.2, 0.25) is 0 Å². The number of hydrogen-bond donors (Lipinski definition) is 2. The van der Waals surface area contributed by atoms with Crippen LogP contribution in [0, 0.1) is 0 Å². The van der Waals surface area contributed by atoms with Gasteiger partial charge in [-0.1, -0.05) is 48.2 Å². The van der Waals surface area contributed by atoms with Crippen LogP contribution in [0.1, 0.15) is 5.56 Å². The number of halogens is 3. The van der Waals surface area contributed by atoms with Crippen LogP contribution >= 0.6 is 23.1 Å². The zero-order chi connectivity index (χ0) is 24.8. The van der Waals surface area contributed by atoms with Crippen molar-refractivity contribution in [3.05, 3.63) is 84.4 Å². The number of aromatic hydroxyl groups is 1. The number of aromatic nitrogens is 1. The van der Waals surface area contributed by atoms with Gasteiger partial charge in [0.25, 0.3) is 10.0 Å². The van der Waals surface area contributed by atoms with Gasteiger partial charge in [0.15, 0.2) is 4.34 Å². The fourth-order valence-corrected chi connectivity index (χ4v) is 6.70. The zero-order valence-corrected chi connectivity index (χ0v) is 20.0. The molecular weight excluding hydrogens is 517 g/mol. The van der Waals surface area contributed by atoms with E-state index in [-0.39, 0.29) is 16.3 Å². The maximum absolute atomic E-state index is 13.0. The van der Waals surface area contributed by atoms with E-state index < -0.39 is 21.8 Å². The number of alkyl halides is 3. The highest BCUT2D eigenvalue weighted by Gasteiger charge is 2.30. The molecule has 0 unspecified atom stereocenters. The summed E-state index contributed by atoms with van der Waals surface area (Å²) in [5, 5.41) is 11.8. The van der Waals surface area contributed by atoms with Crippen LogP contribution in [0.2, 0.25) is 0 Å². The molecule has 0 aliphatic carbocycles. The predicted molar refractivity (Wildman–Crippen MR) is 132 cm³/mol. The Morgan fingerprint density at radius 3 is 2.26 bits per heavy atom. The maximum Gasteiger partial charge on any atom is 0.416 e. The molecule has 0 radical (unpaired) electrons. The van der Waals surface area contributed by atoms with Crippen molar-refractivity contribution in [2.75, 3.05) is 4.72 Å². The molecule has 2 N–H and O–H groups in total. The first-order chi connectivity index (χ1) is 16.6. The first kappa shape index (κ1) is 23.5. The molecule has 0 spiro atoms. The van der Waals surface area contributed by atoms with E-state index in [4.69, 9.17) is 0 Å². The largest absolute Gasteiger partial charge is 0.506 e. The third-order valence-corrected chi connectivity index (χ3v) is 8.70. The number of hydrogen-bond acceptors (Lipinski definition) is 6. The van der Waals surface area contributed by atoms with Crippen molar-refractivity contribution in [3.8, 4) is 5.75 Å². The second-order valence-electron chi connectivity index (χ2n) is 7.49. The van der Waals surface area contributed by atoms with Crippen LogP contribution in [0.25, 0.3) is 21.0 Å². The molecule has 11 heteroatoms. The number of sulfonamides is 1. The van der Waals surface area contributed by atoms with E-state index in [1.54, 1.807) is 24.3 Å². The van der Waals surface area contributed by atoms with Gasteiger partial charge in [-0.15, -0.1) is 11.3 Å². The Bertz CT molecular complexity index is 1630. The Kier molecular flexibility index (Phi) is 5.86. The Balaban J connectivity index is 1.54. The van der Waals surface area contributed by atoms with Crippen LogP contribution in [0.3, 0.4) is 0 Å². The Hall–Kier alpha value is -3.28. The van der Waals surface area contributed by atoms with E-state index in [0.717, 1.165) is 34.5 Å². The van der Waals surface area contributed by atoms with Gasteiger partial charge in [-0.25, -0.2) is 13.4 Å². The number of nitrogens with zero attached hydrogens (tertiary/aromatic N) is 1. The summed E-state index contributed by atoms with van der Waals surface area (Å²) in [4.78, 5) is 4.61. The van der Waals surface area contributed by atoms with E-state index in [1.807, 2.05) is 24.3 Å². The minimum Gasteiger partial charge on any atom is -0.506 e. The van der Waals surface area contributed by atoms with Gasteiger partial charge in [0.05, 0.1) is 31.3 Å². The monoisotopic (exact) mass is 532 g/mol. The Morgan fingerprint density at radius 1 is 0.914 bits per heavy atom. The van der Waals surface area contributed by atoms with Crippen LogP contribution in [-0.4, -0.2) is 18.5 Å². The summed E-state index contributed by atoms with van der Waals surface area (Å²) < 4.78 is 68.7. The number of rotatable bonds is 5. The van der Waals surface area contributed by atoms with Crippen LogP contribution in [0.5, 0.6) is 5.75 Å². The van der Waals surface area contributed by atoms with Gasteiger partial charge < -0.3 is 5.11 Å². The number of nitrogens with one attached hydrogen (secondary N) is 1. The van der Waals surface area contributed by atoms with Crippen molar-refractivity contribution in [2.45, 2.75) is 20.3 Å². The lowest BCUT2D eigenvalue weighted by atomic mass is 10.1. The summed E-state index contributed by atoms with van der Waals surface area (Å²) in [6.45, 7) is 0. The van der Waals surface area contributed by atoms with Gasteiger partial charge in [0, 0.05) is 10.8 Å². The average Bonchev–Trinajstić information content (AvgIpc) is 3.24. The highest BCUT2D eigenvalue weighted by molar-refractivity contribution is 8.01. The number of para-hydroxylation sites is 1. The summed E-state index contributed by atoms with van der Waals surface area (Å²) >= 11 is 2.63. The third-order valence-electron chi connectivity index (χ3n) is 5.19. The maximum atomic E-state index is 13.0. The summed E-state index contributed by atoms with van der Waals surface area (Å²) in [5.74, 6) is -0.0256. The molecule has 1 heterocycles. The lowest BCUT2D eigenvalue weighted by Crippen LogP contribution is -2.14. The molecule has 0 atom stereocenters. The van der Waals surface area contributed by atoms with Crippen molar-refractivity contribution in [1.82, 2.24) is 4.98 Å². The third kappa shape index (κ3) is 4.66. The number of benzene rings is 4. The van der Waals surface area contributed by atoms with E-state index in [0.29, 0.717) is 20.0 Å². The van der Waals surface area contributed by atoms with Crippen LogP contribution in [0.15, 0.2) is 93.0 Å². The van der Waals surface area contributed by atoms with Gasteiger partial charge >= 0.3 is 6.18 Å². The van der Waals surface area contributed by atoms with Crippen LogP contribution in [0.4, 0.5) is 18.9 Å². The average molecular weight is 533 g/mol. The SMILES string of the molecule is O=S(=O)(Nc1cc(Sc2nc3ccccc3s2)c(O)c2ccccc12)c1ccc(C(F)(F)F)cc1. The summed E-state index contributed by atoms with van der Waals surface area (Å²) in [7, 11) is -4.21. The van der Waals surface area contributed by atoms with E-state index in [1.165, 1.54) is 29.2 Å². The smallest absolute Gasteiger partial charge is 0.416 e. The molecule has 0 bridgehead atoms.